The van der Waals surface area contributed by atoms with Crippen LogP contribution in [0.4, 0.5) is 10.1 Å². The Hall–Kier alpha value is -4.41. The van der Waals surface area contributed by atoms with Gasteiger partial charge in [-0.05, 0) is 80.9 Å². The fourth-order valence-corrected chi connectivity index (χ4v) is 6.42. The summed E-state index contributed by atoms with van der Waals surface area (Å²) in [6, 6.07) is 25.7. The van der Waals surface area contributed by atoms with Crippen LogP contribution in [0.15, 0.2) is 108 Å². The first-order valence-corrected chi connectivity index (χ1v) is 16.7. The molecular formula is C35H37ClFN3O5S. The first-order chi connectivity index (χ1) is 22.0. The van der Waals surface area contributed by atoms with Gasteiger partial charge in [0.25, 0.3) is 10.0 Å². The smallest absolute Gasteiger partial charge is 0.264 e. The molecule has 0 aromatic heterocycles. The van der Waals surface area contributed by atoms with Gasteiger partial charge in [-0.1, -0.05) is 60.1 Å². The van der Waals surface area contributed by atoms with Crippen LogP contribution in [0.2, 0.25) is 5.02 Å². The zero-order chi connectivity index (χ0) is 33.3. The number of ether oxygens (including phenoxy) is 1. The van der Waals surface area contributed by atoms with E-state index in [1.54, 1.807) is 44.2 Å². The molecule has 4 aromatic carbocycles. The van der Waals surface area contributed by atoms with E-state index in [1.807, 2.05) is 37.3 Å². The predicted molar refractivity (Wildman–Crippen MR) is 178 cm³/mol. The summed E-state index contributed by atoms with van der Waals surface area (Å²) in [6.45, 7) is 4.90. The Morgan fingerprint density at radius 2 is 1.52 bits per heavy atom. The molecule has 242 valence electrons. The number of sulfonamides is 1. The van der Waals surface area contributed by atoms with Crippen LogP contribution in [0.3, 0.4) is 0 Å². The van der Waals surface area contributed by atoms with Gasteiger partial charge in [0.1, 0.15) is 24.2 Å². The molecule has 1 atom stereocenters. The lowest BCUT2D eigenvalue weighted by atomic mass is 10.0. The van der Waals surface area contributed by atoms with Crippen LogP contribution in [0.25, 0.3) is 0 Å². The summed E-state index contributed by atoms with van der Waals surface area (Å²) < 4.78 is 49.7. The van der Waals surface area contributed by atoms with E-state index in [0.29, 0.717) is 17.4 Å². The van der Waals surface area contributed by atoms with Crippen molar-refractivity contribution in [1.82, 2.24) is 10.2 Å². The van der Waals surface area contributed by atoms with Gasteiger partial charge in [0.15, 0.2) is 0 Å². The number of amides is 2. The molecule has 11 heteroatoms. The molecule has 0 spiro atoms. The summed E-state index contributed by atoms with van der Waals surface area (Å²) in [5.41, 5.74) is 1.15. The molecule has 8 nitrogen and oxygen atoms in total. The molecule has 0 saturated carbocycles. The summed E-state index contributed by atoms with van der Waals surface area (Å²) in [5.74, 6) is -1.18. The molecule has 0 heterocycles. The third-order valence-corrected chi connectivity index (χ3v) is 9.16. The van der Waals surface area contributed by atoms with Crippen LogP contribution in [0.1, 0.15) is 31.9 Å². The minimum atomic E-state index is -4.32. The number of rotatable bonds is 14. The fourth-order valence-electron chi connectivity index (χ4n) is 4.88. The number of anilines is 1. The van der Waals surface area contributed by atoms with Crippen LogP contribution < -0.4 is 14.4 Å². The first kappa shape index (κ1) is 34.5. The van der Waals surface area contributed by atoms with Gasteiger partial charge >= 0.3 is 0 Å². The van der Waals surface area contributed by atoms with E-state index in [4.69, 9.17) is 16.3 Å². The summed E-state index contributed by atoms with van der Waals surface area (Å²) in [5, 5.41) is 3.22. The van der Waals surface area contributed by atoms with Crippen molar-refractivity contribution < 1.29 is 27.1 Å². The first-order valence-electron chi connectivity index (χ1n) is 14.9. The largest absolute Gasteiger partial charge is 0.494 e. The van der Waals surface area contributed by atoms with Crippen molar-refractivity contribution >= 4 is 39.1 Å². The van der Waals surface area contributed by atoms with Gasteiger partial charge in [0.05, 0.1) is 17.2 Å². The Kier molecular flexibility index (Phi) is 11.8. The van der Waals surface area contributed by atoms with Gasteiger partial charge in [-0.2, -0.15) is 0 Å². The van der Waals surface area contributed by atoms with Gasteiger partial charge in [-0.3, -0.25) is 13.9 Å². The summed E-state index contributed by atoms with van der Waals surface area (Å²) in [4.78, 5) is 29.3. The second-order valence-corrected chi connectivity index (χ2v) is 13.2. The average Bonchev–Trinajstić information content (AvgIpc) is 3.03. The SMILES string of the molecule is CCOc1ccc(N(CC(=O)N(Cc2ccccc2F)[C@H](Cc2ccccc2)C(=O)NC(C)C)S(=O)(=O)c2ccc(Cl)cc2)cc1. The standard InChI is InChI=1S/C35H37ClFN3O5S/c1-4-45-30-18-16-29(17-19-30)40(46(43,44)31-20-14-28(36)15-21-31)24-34(41)39(23-27-12-8-9-13-32(27)37)33(35(42)38-25(2)3)22-26-10-6-5-7-11-26/h5-21,25,33H,4,22-24H2,1-3H3,(H,38,42)/t33-/m1/s1. The number of carbonyl (C=O) groups excluding carboxylic acids is 2. The number of benzene rings is 4. The highest BCUT2D eigenvalue weighted by molar-refractivity contribution is 7.92. The van der Waals surface area contributed by atoms with Gasteiger partial charge in [-0.25, -0.2) is 12.8 Å². The Balaban J connectivity index is 1.81. The Labute approximate surface area is 274 Å². The zero-order valence-corrected chi connectivity index (χ0v) is 27.5. The quantitative estimate of drug-likeness (QED) is 0.172. The van der Waals surface area contributed by atoms with E-state index in [0.717, 1.165) is 9.87 Å². The second kappa shape index (κ2) is 15.7. The lowest BCUT2D eigenvalue weighted by Crippen LogP contribution is -2.54. The third-order valence-electron chi connectivity index (χ3n) is 7.12. The monoisotopic (exact) mass is 665 g/mol. The van der Waals surface area contributed by atoms with Crippen molar-refractivity contribution in [3.05, 3.63) is 125 Å². The summed E-state index contributed by atoms with van der Waals surface area (Å²) in [7, 11) is -4.32. The Morgan fingerprint density at radius 3 is 2.13 bits per heavy atom. The molecule has 4 rings (SSSR count). The van der Waals surface area contributed by atoms with Crippen molar-refractivity contribution in [2.45, 2.75) is 50.7 Å². The summed E-state index contributed by atoms with van der Waals surface area (Å²) >= 11 is 6.04. The maximum atomic E-state index is 15.0. The molecule has 0 aliphatic carbocycles. The van der Waals surface area contributed by atoms with Crippen molar-refractivity contribution in [3.8, 4) is 5.75 Å². The maximum absolute atomic E-state index is 15.0. The molecule has 0 saturated heterocycles. The van der Waals surface area contributed by atoms with Crippen LogP contribution >= 0.6 is 11.6 Å². The lowest BCUT2D eigenvalue weighted by Gasteiger charge is -2.34. The van der Waals surface area contributed by atoms with E-state index >= 15 is 4.39 Å². The molecule has 4 aromatic rings. The molecule has 0 bridgehead atoms. The zero-order valence-electron chi connectivity index (χ0n) is 25.9. The number of carbonyl (C=O) groups is 2. The number of hydrogen-bond donors (Lipinski definition) is 1. The van der Waals surface area contributed by atoms with E-state index in [1.165, 1.54) is 47.4 Å². The minimum Gasteiger partial charge on any atom is -0.494 e. The number of hydrogen-bond acceptors (Lipinski definition) is 5. The molecule has 1 N–H and O–H groups in total. The number of nitrogens with one attached hydrogen (secondary N) is 1. The molecule has 0 fully saturated rings. The van der Waals surface area contributed by atoms with Crippen molar-refractivity contribution in [2.75, 3.05) is 17.5 Å². The normalized spacial score (nSPS) is 12.0. The van der Waals surface area contributed by atoms with Crippen molar-refractivity contribution in [3.63, 3.8) is 0 Å². The highest BCUT2D eigenvalue weighted by Gasteiger charge is 2.35. The molecule has 2 amide bonds. The predicted octanol–water partition coefficient (Wildman–Crippen LogP) is 6.24. The molecule has 46 heavy (non-hydrogen) atoms. The Morgan fingerprint density at radius 1 is 0.891 bits per heavy atom. The van der Waals surface area contributed by atoms with Crippen LogP contribution in [-0.2, 0) is 32.6 Å². The average molecular weight is 666 g/mol. The van der Waals surface area contributed by atoms with Gasteiger partial charge in [0.2, 0.25) is 11.8 Å². The Bertz CT molecular complexity index is 1720. The van der Waals surface area contributed by atoms with Crippen LogP contribution in [-0.4, -0.2) is 50.4 Å². The number of halogens is 2. The van der Waals surface area contributed by atoms with Crippen LogP contribution in [0.5, 0.6) is 5.75 Å². The van der Waals surface area contributed by atoms with E-state index in [2.05, 4.69) is 5.32 Å². The maximum Gasteiger partial charge on any atom is 0.264 e. The fraction of sp³-hybridized carbons (Fsp3) is 0.257. The molecule has 0 unspecified atom stereocenters. The van der Waals surface area contributed by atoms with Gasteiger partial charge in [0, 0.05) is 29.6 Å². The van der Waals surface area contributed by atoms with Crippen molar-refractivity contribution in [1.29, 1.82) is 0 Å². The lowest BCUT2D eigenvalue weighted by molar-refractivity contribution is -0.140. The highest BCUT2D eigenvalue weighted by Crippen LogP contribution is 2.28. The second-order valence-electron chi connectivity index (χ2n) is 10.9. The highest BCUT2D eigenvalue weighted by atomic mass is 35.5. The molecule has 0 radical (unpaired) electrons. The van der Waals surface area contributed by atoms with Crippen molar-refractivity contribution in [2.24, 2.45) is 0 Å². The third kappa shape index (κ3) is 8.86. The number of nitrogens with zero attached hydrogens (tertiary/aromatic N) is 2. The van der Waals surface area contributed by atoms with E-state index in [9.17, 15) is 18.0 Å². The topological polar surface area (TPSA) is 96.0 Å². The summed E-state index contributed by atoms with van der Waals surface area (Å²) in [6.07, 6.45) is 0.118. The van der Waals surface area contributed by atoms with E-state index in [-0.39, 0.29) is 35.2 Å². The molecule has 0 aliphatic rings. The molecule has 0 aliphatic heterocycles. The van der Waals surface area contributed by atoms with E-state index < -0.39 is 40.2 Å². The minimum absolute atomic E-state index is 0.0855. The van der Waals surface area contributed by atoms with Gasteiger partial charge < -0.3 is 15.0 Å². The molecular weight excluding hydrogens is 629 g/mol. The van der Waals surface area contributed by atoms with Crippen LogP contribution in [0, 0.1) is 5.82 Å². The van der Waals surface area contributed by atoms with Gasteiger partial charge in [-0.15, -0.1) is 0 Å².